The topological polar surface area (TPSA) is 96.0 Å². The summed E-state index contributed by atoms with van der Waals surface area (Å²) in [6.45, 7) is 5.63. The second kappa shape index (κ2) is 15.0. The number of nitrogens with zero attached hydrogens (tertiary/aromatic N) is 2. The predicted molar refractivity (Wildman–Crippen MR) is 166 cm³/mol. The number of halogens is 1. The van der Waals surface area contributed by atoms with E-state index >= 15 is 0 Å². The summed E-state index contributed by atoms with van der Waals surface area (Å²) in [5, 5.41) is 3.03. The van der Waals surface area contributed by atoms with E-state index in [2.05, 4.69) is 21.2 Å². The molecule has 0 saturated heterocycles. The van der Waals surface area contributed by atoms with Crippen molar-refractivity contribution in [3.05, 3.63) is 94.5 Å². The summed E-state index contributed by atoms with van der Waals surface area (Å²) in [7, 11) is -3.89. The maximum atomic E-state index is 14.2. The van der Waals surface area contributed by atoms with Crippen LogP contribution in [0.3, 0.4) is 0 Å². The van der Waals surface area contributed by atoms with Gasteiger partial charge in [0, 0.05) is 23.5 Å². The average molecular weight is 645 g/mol. The Hall–Kier alpha value is -3.37. The molecule has 1 N–H and O–H groups in total. The first-order valence-electron chi connectivity index (χ1n) is 13.6. The number of nitrogens with one attached hydrogen (secondary N) is 1. The molecule has 0 saturated carbocycles. The molecule has 41 heavy (non-hydrogen) atoms. The van der Waals surface area contributed by atoms with Crippen LogP contribution >= 0.6 is 15.9 Å². The van der Waals surface area contributed by atoms with Gasteiger partial charge in [-0.15, -0.1) is 0 Å². The van der Waals surface area contributed by atoms with E-state index in [0.29, 0.717) is 12.4 Å². The first-order chi connectivity index (χ1) is 19.5. The molecule has 0 unspecified atom stereocenters. The third kappa shape index (κ3) is 9.33. The molecule has 0 aliphatic rings. The number of carbonyl (C=O) groups excluding carboxylic acids is 2. The zero-order valence-corrected chi connectivity index (χ0v) is 26.3. The first-order valence-corrected chi connectivity index (χ1v) is 16.2. The second-order valence-electron chi connectivity index (χ2n) is 9.84. The van der Waals surface area contributed by atoms with E-state index in [-0.39, 0.29) is 30.6 Å². The Kier molecular flexibility index (Phi) is 11.8. The van der Waals surface area contributed by atoms with Crippen molar-refractivity contribution in [2.45, 2.75) is 52.2 Å². The molecule has 0 radical (unpaired) electrons. The molecule has 10 heteroatoms. The van der Waals surface area contributed by atoms with Crippen molar-refractivity contribution in [3.8, 4) is 5.75 Å². The lowest BCUT2D eigenvalue weighted by Gasteiger charge is -2.34. The minimum absolute atomic E-state index is 0.101. The Bertz CT molecular complexity index is 1400. The van der Waals surface area contributed by atoms with Crippen molar-refractivity contribution >= 4 is 43.5 Å². The zero-order valence-electron chi connectivity index (χ0n) is 23.9. The molecule has 0 bridgehead atoms. The third-order valence-corrected chi connectivity index (χ3v) is 8.31. The normalized spacial score (nSPS) is 12.7. The number of amides is 2. The summed E-state index contributed by atoms with van der Waals surface area (Å²) in [6, 6.07) is 22.7. The molecule has 0 aliphatic heterocycles. The van der Waals surface area contributed by atoms with E-state index in [9.17, 15) is 18.0 Å². The van der Waals surface area contributed by atoms with Gasteiger partial charge >= 0.3 is 0 Å². The Balaban J connectivity index is 2.08. The summed E-state index contributed by atoms with van der Waals surface area (Å²) in [5.41, 5.74) is 1.95. The Morgan fingerprint density at radius 1 is 0.927 bits per heavy atom. The van der Waals surface area contributed by atoms with E-state index < -0.39 is 28.5 Å². The van der Waals surface area contributed by atoms with Crippen LogP contribution < -0.4 is 14.4 Å². The highest BCUT2D eigenvalue weighted by molar-refractivity contribution is 9.10. The highest BCUT2D eigenvalue weighted by Gasteiger charge is 2.34. The number of hydrogen-bond donors (Lipinski definition) is 1. The number of ether oxygens (including phenoxy) is 1. The van der Waals surface area contributed by atoms with Crippen molar-refractivity contribution in [1.82, 2.24) is 10.2 Å². The molecule has 0 aliphatic carbocycles. The van der Waals surface area contributed by atoms with Gasteiger partial charge in [0.05, 0.1) is 18.6 Å². The smallest absolute Gasteiger partial charge is 0.244 e. The molecule has 0 spiro atoms. The second-order valence-corrected chi connectivity index (χ2v) is 12.7. The molecule has 0 fully saturated rings. The van der Waals surface area contributed by atoms with Crippen molar-refractivity contribution in [3.63, 3.8) is 0 Å². The quantitative estimate of drug-likeness (QED) is 0.262. The third-order valence-electron chi connectivity index (χ3n) is 6.65. The minimum atomic E-state index is -3.89. The summed E-state index contributed by atoms with van der Waals surface area (Å²) < 4.78 is 33.7. The van der Waals surface area contributed by atoms with Crippen LogP contribution in [0.1, 0.15) is 38.3 Å². The number of anilines is 1. The minimum Gasteiger partial charge on any atom is -0.492 e. The van der Waals surface area contributed by atoms with Crippen molar-refractivity contribution < 1.29 is 22.7 Å². The lowest BCUT2D eigenvalue weighted by atomic mass is 10.0. The molecule has 220 valence electrons. The molecule has 3 aromatic carbocycles. The lowest BCUT2D eigenvalue weighted by molar-refractivity contribution is -0.140. The SMILES string of the molecule is CCOc1ccccc1N(CC(=O)N(Cc1ccc(Br)cc1)[C@H](Cc1ccccc1)C(=O)N[C@H](C)CC)S(C)(=O)=O. The molecule has 3 rings (SSSR count). The van der Waals surface area contributed by atoms with E-state index in [1.165, 1.54) is 4.90 Å². The molecule has 0 heterocycles. The highest BCUT2D eigenvalue weighted by Crippen LogP contribution is 2.30. The fraction of sp³-hybridized carbons (Fsp3) is 0.355. The van der Waals surface area contributed by atoms with Gasteiger partial charge in [-0.3, -0.25) is 13.9 Å². The van der Waals surface area contributed by atoms with Gasteiger partial charge < -0.3 is 15.0 Å². The predicted octanol–water partition coefficient (Wildman–Crippen LogP) is 5.17. The van der Waals surface area contributed by atoms with Gasteiger partial charge in [-0.05, 0) is 55.7 Å². The number of carbonyl (C=O) groups is 2. The lowest BCUT2D eigenvalue weighted by Crippen LogP contribution is -2.54. The molecular weight excluding hydrogens is 606 g/mol. The van der Waals surface area contributed by atoms with Gasteiger partial charge in [0.2, 0.25) is 21.8 Å². The van der Waals surface area contributed by atoms with E-state index in [0.717, 1.165) is 32.6 Å². The molecule has 3 aromatic rings. The maximum Gasteiger partial charge on any atom is 0.244 e. The maximum absolute atomic E-state index is 14.2. The van der Waals surface area contributed by atoms with Crippen LogP contribution in [-0.2, 0) is 32.6 Å². The zero-order chi connectivity index (χ0) is 30.0. The summed E-state index contributed by atoms with van der Waals surface area (Å²) in [6.07, 6.45) is 2.04. The van der Waals surface area contributed by atoms with Gasteiger partial charge in [-0.2, -0.15) is 0 Å². The van der Waals surface area contributed by atoms with Crippen molar-refractivity contribution in [2.24, 2.45) is 0 Å². The molecule has 2 atom stereocenters. The summed E-state index contributed by atoms with van der Waals surface area (Å²) in [4.78, 5) is 29.4. The van der Waals surface area contributed by atoms with Crippen LogP contribution in [0.5, 0.6) is 5.75 Å². The summed E-state index contributed by atoms with van der Waals surface area (Å²) in [5.74, 6) is -0.456. The average Bonchev–Trinajstić information content (AvgIpc) is 2.95. The number of sulfonamides is 1. The molecule has 0 aromatic heterocycles. The van der Waals surface area contributed by atoms with Crippen LogP contribution in [0.2, 0.25) is 0 Å². The molecule has 2 amide bonds. The van der Waals surface area contributed by atoms with Crippen LogP contribution in [0.4, 0.5) is 5.69 Å². The number of benzene rings is 3. The van der Waals surface area contributed by atoms with E-state index in [1.807, 2.05) is 68.4 Å². The van der Waals surface area contributed by atoms with Crippen LogP contribution in [0.25, 0.3) is 0 Å². The van der Waals surface area contributed by atoms with Gasteiger partial charge in [0.15, 0.2) is 0 Å². The van der Waals surface area contributed by atoms with Gasteiger partial charge in [-0.25, -0.2) is 8.42 Å². The van der Waals surface area contributed by atoms with Gasteiger partial charge in [0.25, 0.3) is 0 Å². The molecule has 8 nitrogen and oxygen atoms in total. The van der Waals surface area contributed by atoms with Crippen molar-refractivity contribution in [2.75, 3.05) is 23.7 Å². The number of rotatable bonds is 14. The standard InChI is InChI=1S/C31H38BrN3O5S/c1-5-23(3)33-31(37)28(20-24-12-8-7-9-13-24)34(21-25-16-18-26(32)19-17-25)30(36)22-35(41(4,38)39)27-14-10-11-15-29(27)40-6-2/h7-19,23,28H,5-6,20-22H2,1-4H3,(H,33,37)/t23-,28-/m1/s1. The van der Waals surface area contributed by atoms with Crippen LogP contribution in [0.15, 0.2) is 83.3 Å². The fourth-order valence-electron chi connectivity index (χ4n) is 4.32. The van der Waals surface area contributed by atoms with Gasteiger partial charge in [0.1, 0.15) is 18.3 Å². The van der Waals surface area contributed by atoms with E-state index in [1.54, 1.807) is 31.2 Å². The highest BCUT2D eigenvalue weighted by atomic mass is 79.9. The number of hydrogen-bond acceptors (Lipinski definition) is 5. The fourth-order valence-corrected chi connectivity index (χ4v) is 5.43. The first kappa shape index (κ1) is 32.1. The summed E-state index contributed by atoms with van der Waals surface area (Å²) >= 11 is 3.44. The number of para-hydroxylation sites is 2. The molecular formula is C31H38BrN3O5S. The van der Waals surface area contributed by atoms with Gasteiger partial charge in [-0.1, -0.05) is 77.5 Å². The largest absolute Gasteiger partial charge is 0.492 e. The van der Waals surface area contributed by atoms with Crippen molar-refractivity contribution in [1.29, 1.82) is 0 Å². The van der Waals surface area contributed by atoms with Crippen LogP contribution in [-0.4, -0.2) is 56.6 Å². The van der Waals surface area contributed by atoms with E-state index in [4.69, 9.17) is 4.74 Å². The Labute approximate surface area is 251 Å². The monoisotopic (exact) mass is 643 g/mol. The van der Waals surface area contributed by atoms with Crippen LogP contribution in [0, 0.1) is 0 Å². The Morgan fingerprint density at radius 2 is 1.56 bits per heavy atom. The Morgan fingerprint density at radius 3 is 2.17 bits per heavy atom.